The van der Waals surface area contributed by atoms with Gasteiger partial charge in [0.1, 0.15) is 5.82 Å². The van der Waals surface area contributed by atoms with Crippen LogP contribution in [0.3, 0.4) is 0 Å². The molecule has 6 nitrogen and oxygen atoms in total. The number of ketones is 1. The summed E-state index contributed by atoms with van der Waals surface area (Å²) in [6.45, 7) is 0.782. The number of aromatic amines is 1. The summed E-state index contributed by atoms with van der Waals surface area (Å²) in [5.41, 5.74) is 6.37. The van der Waals surface area contributed by atoms with Crippen LogP contribution in [0.15, 0.2) is 66.7 Å². The first-order chi connectivity index (χ1) is 16.0. The highest BCUT2D eigenvalue weighted by Gasteiger charge is 2.21. The molecule has 0 spiro atoms. The van der Waals surface area contributed by atoms with E-state index in [1.807, 2.05) is 90.6 Å². The van der Waals surface area contributed by atoms with Crippen LogP contribution < -0.4 is 9.80 Å². The number of nitrogens with zero attached hydrogens (tertiary/aromatic N) is 3. The van der Waals surface area contributed by atoms with Crippen LogP contribution in [0.2, 0.25) is 0 Å². The van der Waals surface area contributed by atoms with Gasteiger partial charge < -0.3 is 14.8 Å². The Labute approximate surface area is 192 Å². The predicted octanol–water partition coefficient (Wildman–Crippen LogP) is 4.85. The van der Waals surface area contributed by atoms with Gasteiger partial charge in [-0.25, -0.2) is 4.98 Å². The van der Waals surface area contributed by atoms with Gasteiger partial charge in [0.15, 0.2) is 5.78 Å². The van der Waals surface area contributed by atoms with Crippen LogP contribution in [-0.4, -0.2) is 42.3 Å². The maximum atomic E-state index is 12.8. The average molecular weight is 439 g/mol. The number of hydrogen-bond acceptors (Lipinski definition) is 4. The Kier molecular flexibility index (Phi) is 5.42. The third-order valence-corrected chi connectivity index (χ3v) is 6.14. The molecule has 1 amide bonds. The highest BCUT2D eigenvalue weighted by molar-refractivity contribution is 5.98. The second-order valence-electron chi connectivity index (χ2n) is 8.67. The van der Waals surface area contributed by atoms with E-state index in [-0.39, 0.29) is 11.7 Å². The van der Waals surface area contributed by atoms with Gasteiger partial charge in [-0.1, -0.05) is 6.07 Å². The van der Waals surface area contributed by atoms with Gasteiger partial charge >= 0.3 is 0 Å². The quantitative estimate of drug-likeness (QED) is 0.437. The van der Waals surface area contributed by atoms with Crippen LogP contribution in [0.4, 0.5) is 11.4 Å². The van der Waals surface area contributed by atoms with Crippen molar-refractivity contribution in [3.05, 3.63) is 77.9 Å². The van der Waals surface area contributed by atoms with Gasteiger partial charge in [0, 0.05) is 56.0 Å². The molecular weight excluding hydrogens is 412 g/mol. The maximum absolute atomic E-state index is 12.8. The van der Waals surface area contributed by atoms with Crippen LogP contribution in [0.5, 0.6) is 0 Å². The first-order valence-corrected chi connectivity index (χ1v) is 11.2. The zero-order chi connectivity index (χ0) is 22.9. The molecule has 1 N–H and O–H groups in total. The number of rotatable bonds is 6. The second-order valence-corrected chi connectivity index (χ2v) is 8.67. The van der Waals surface area contributed by atoms with Crippen molar-refractivity contribution in [2.75, 3.05) is 30.4 Å². The smallest absolute Gasteiger partial charge is 0.227 e. The molecule has 1 aromatic heterocycles. The SMILES string of the molecule is CN(C)c1ccc(C(=O)Cc2ccc3nc(-c4ccc(N5CCCC5=O)cc4)[nH]c3c2)cc1. The number of hydrogen-bond donors (Lipinski definition) is 1. The van der Waals surface area contributed by atoms with E-state index in [4.69, 9.17) is 4.98 Å². The highest BCUT2D eigenvalue weighted by Crippen LogP contribution is 2.26. The molecule has 2 heterocycles. The van der Waals surface area contributed by atoms with E-state index in [1.165, 1.54) is 0 Å². The Bertz CT molecular complexity index is 1320. The van der Waals surface area contributed by atoms with Crippen molar-refractivity contribution in [1.82, 2.24) is 9.97 Å². The fourth-order valence-electron chi connectivity index (χ4n) is 4.26. The zero-order valence-corrected chi connectivity index (χ0v) is 18.8. The monoisotopic (exact) mass is 438 g/mol. The molecule has 4 aromatic rings. The lowest BCUT2D eigenvalue weighted by atomic mass is 10.0. The normalized spacial score (nSPS) is 13.6. The predicted molar refractivity (Wildman–Crippen MR) is 132 cm³/mol. The van der Waals surface area contributed by atoms with Crippen LogP contribution in [0.25, 0.3) is 22.4 Å². The number of carbonyl (C=O) groups excluding carboxylic acids is 2. The molecule has 1 saturated heterocycles. The van der Waals surface area contributed by atoms with Crippen molar-refractivity contribution in [2.45, 2.75) is 19.3 Å². The number of nitrogens with one attached hydrogen (secondary N) is 1. The van der Waals surface area contributed by atoms with E-state index in [1.54, 1.807) is 0 Å². The van der Waals surface area contributed by atoms with Crippen LogP contribution in [-0.2, 0) is 11.2 Å². The lowest BCUT2D eigenvalue weighted by molar-refractivity contribution is -0.117. The number of carbonyl (C=O) groups is 2. The van der Waals surface area contributed by atoms with E-state index in [0.717, 1.165) is 52.3 Å². The van der Waals surface area contributed by atoms with E-state index in [9.17, 15) is 9.59 Å². The van der Waals surface area contributed by atoms with Crippen LogP contribution >= 0.6 is 0 Å². The number of fused-ring (bicyclic) bond motifs is 1. The summed E-state index contributed by atoms with van der Waals surface area (Å²) in [5, 5.41) is 0. The topological polar surface area (TPSA) is 69.3 Å². The van der Waals surface area contributed by atoms with Crippen molar-refractivity contribution < 1.29 is 9.59 Å². The van der Waals surface area contributed by atoms with E-state index >= 15 is 0 Å². The molecule has 1 fully saturated rings. The van der Waals surface area contributed by atoms with E-state index in [0.29, 0.717) is 18.4 Å². The molecule has 5 rings (SSSR count). The number of imidazole rings is 1. The Hall–Kier alpha value is -3.93. The molecule has 6 heteroatoms. The molecule has 1 aliphatic rings. The van der Waals surface area contributed by atoms with Crippen molar-refractivity contribution in [3.8, 4) is 11.4 Å². The van der Waals surface area contributed by atoms with Gasteiger partial charge in [0.2, 0.25) is 5.91 Å². The van der Waals surface area contributed by atoms with E-state index < -0.39 is 0 Å². The number of benzene rings is 3. The van der Waals surface area contributed by atoms with E-state index in [2.05, 4.69) is 4.98 Å². The Morgan fingerprint density at radius 1 is 1.03 bits per heavy atom. The number of aromatic nitrogens is 2. The summed E-state index contributed by atoms with van der Waals surface area (Å²) in [6.07, 6.45) is 1.87. The molecule has 0 aliphatic carbocycles. The average Bonchev–Trinajstić information content (AvgIpc) is 3.45. The number of amides is 1. The summed E-state index contributed by atoms with van der Waals surface area (Å²) in [4.78, 5) is 36.6. The van der Waals surface area contributed by atoms with Crippen molar-refractivity contribution in [1.29, 1.82) is 0 Å². The first kappa shape index (κ1) is 20.9. The van der Waals surface area contributed by atoms with Crippen LogP contribution in [0.1, 0.15) is 28.8 Å². The molecule has 3 aromatic carbocycles. The van der Waals surface area contributed by atoms with Crippen molar-refractivity contribution in [2.24, 2.45) is 0 Å². The fourth-order valence-corrected chi connectivity index (χ4v) is 4.26. The first-order valence-electron chi connectivity index (χ1n) is 11.2. The summed E-state index contributed by atoms with van der Waals surface area (Å²) >= 11 is 0. The third-order valence-electron chi connectivity index (χ3n) is 6.14. The Balaban J connectivity index is 1.33. The molecule has 0 radical (unpaired) electrons. The summed E-state index contributed by atoms with van der Waals surface area (Å²) in [6, 6.07) is 21.5. The van der Waals surface area contributed by atoms with Gasteiger partial charge in [-0.3, -0.25) is 9.59 Å². The standard InChI is InChI=1S/C27H26N4O2/c1-30(2)21-10-6-19(7-11-21)25(32)17-18-5-14-23-24(16-18)29-27(28-23)20-8-12-22(13-9-20)31-15-3-4-26(31)33/h5-14,16H,3-4,15,17H2,1-2H3,(H,28,29). The minimum absolute atomic E-state index is 0.0893. The molecule has 0 atom stereocenters. The number of Topliss-reactive ketones (excluding diaryl/α,β-unsaturated/α-hetero) is 1. The lowest BCUT2D eigenvalue weighted by Crippen LogP contribution is -2.23. The van der Waals surface area contributed by atoms with Gasteiger partial charge in [-0.15, -0.1) is 0 Å². The minimum atomic E-state index is 0.0893. The Morgan fingerprint density at radius 3 is 2.45 bits per heavy atom. The van der Waals surface area contributed by atoms with Gasteiger partial charge in [0.25, 0.3) is 0 Å². The summed E-state index contributed by atoms with van der Waals surface area (Å²) in [7, 11) is 3.96. The molecule has 33 heavy (non-hydrogen) atoms. The molecule has 0 saturated carbocycles. The number of anilines is 2. The summed E-state index contributed by atoms with van der Waals surface area (Å²) in [5.74, 6) is 1.04. The fraction of sp³-hybridized carbons (Fsp3) is 0.222. The van der Waals surface area contributed by atoms with Gasteiger partial charge in [-0.2, -0.15) is 0 Å². The zero-order valence-electron chi connectivity index (χ0n) is 18.8. The third kappa shape index (κ3) is 4.24. The molecule has 166 valence electrons. The second kappa shape index (κ2) is 8.54. The molecular formula is C27H26N4O2. The summed E-state index contributed by atoms with van der Waals surface area (Å²) < 4.78 is 0. The molecule has 0 unspecified atom stereocenters. The lowest BCUT2D eigenvalue weighted by Gasteiger charge is -2.15. The van der Waals surface area contributed by atoms with Crippen LogP contribution in [0, 0.1) is 0 Å². The maximum Gasteiger partial charge on any atom is 0.227 e. The Morgan fingerprint density at radius 2 is 1.79 bits per heavy atom. The molecule has 0 bridgehead atoms. The van der Waals surface area contributed by atoms with Crippen molar-refractivity contribution in [3.63, 3.8) is 0 Å². The largest absolute Gasteiger partial charge is 0.378 e. The van der Waals surface area contributed by atoms with Crippen molar-refractivity contribution >= 4 is 34.1 Å². The minimum Gasteiger partial charge on any atom is -0.378 e. The highest BCUT2D eigenvalue weighted by atomic mass is 16.2. The number of H-pyrrole nitrogens is 1. The van der Waals surface area contributed by atoms with Gasteiger partial charge in [-0.05, 0) is 72.6 Å². The van der Waals surface area contributed by atoms with Gasteiger partial charge in [0.05, 0.1) is 11.0 Å². The molecule has 1 aliphatic heterocycles.